The average Bonchev–Trinajstić information content (AvgIpc) is 2.79. The van der Waals surface area contributed by atoms with Gasteiger partial charge in [0.2, 0.25) is 6.29 Å². The molecular weight excluding hydrogens is 700 g/mol. The molecule has 55 heavy (non-hydrogen) atoms. The molecule has 1 saturated heterocycles. The van der Waals surface area contributed by atoms with Gasteiger partial charge in [-0.05, 0) is 24.3 Å². The highest BCUT2D eigenvalue weighted by Gasteiger charge is 2.45. The summed E-state index contributed by atoms with van der Waals surface area (Å²) in [5, 5.41) is 49.1. The van der Waals surface area contributed by atoms with E-state index in [-0.39, 0.29) is 205 Å². The van der Waals surface area contributed by atoms with Crippen LogP contribution in [-0.2, 0) is 4.74 Å². The zero-order valence-electron chi connectivity index (χ0n) is 16.9. The Balaban J connectivity index is -0.0000000296. The maximum absolute atomic E-state index is 13.0. The second kappa shape index (κ2) is 55.2. The van der Waals surface area contributed by atoms with Gasteiger partial charge in [0.1, 0.15) is 58.4 Å². The Hall–Kier alpha value is -3.15. The summed E-state index contributed by atoms with van der Waals surface area (Å²) >= 11 is 0. The number of hydrogen-bond acceptors (Lipinski definition) is 10. The van der Waals surface area contributed by atoms with Crippen LogP contribution in [-0.4, -0.2) is 70.0 Å². The lowest BCUT2D eigenvalue weighted by Gasteiger charge is -2.39. The quantitative estimate of drug-likeness (QED) is 0.168. The fraction of sp³-hybridized carbons (Fsp3) is 0.667. The number of hydrogen-bond donors (Lipinski definition) is 5. The summed E-state index contributed by atoms with van der Waals surface area (Å²) in [5.74, 6) is 0.543. The van der Waals surface area contributed by atoms with Crippen LogP contribution in [0.2, 0.25) is 0 Å². The molecule has 1 fully saturated rings. The zero-order valence-corrected chi connectivity index (χ0v) is 16.9. The van der Waals surface area contributed by atoms with Gasteiger partial charge in [0.05, 0.1) is 13.7 Å². The first kappa shape index (κ1) is 132. The Morgan fingerprint density at radius 2 is 1.02 bits per heavy atom. The minimum atomic E-state index is -1.66. The van der Waals surface area contributed by atoms with Gasteiger partial charge in [-0.3, -0.25) is 4.79 Å². The number of aliphatic hydroxyl groups is 4. The van der Waals surface area contributed by atoms with E-state index in [1.165, 1.54) is 37.4 Å². The van der Waals surface area contributed by atoms with Gasteiger partial charge in [-0.1, -0.05) is 171 Å². The Kier molecular flexibility index (Phi) is 133. The van der Waals surface area contributed by atoms with Crippen molar-refractivity contribution in [3.8, 4) is 28.6 Å². The molecule has 0 aliphatic carbocycles. The van der Waals surface area contributed by atoms with Crippen molar-refractivity contribution in [3.05, 3.63) is 52.7 Å². The Bertz CT molecular complexity index is 1160. The van der Waals surface area contributed by atoms with Crippen molar-refractivity contribution in [1.29, 1.82) is 0 Å². The molecule has 1 aliphatic heterocycles. The van der Waals surface area contributed by atoms with Crippen LogP contribution in [0.5, 0.6) is 17.2 Å². The minimum absolute atomic E-state index is 0. The van der Waals surface area contributed by atoms with Gasteiger partial charge in [0, 0.05) is 23.8 Å². The molecule has 2 unspecified atom stereocenters. The third kappa shape index (κ3) is 27.2. The standard InChI is InChI=1S/C22H22O10.23CH4/c1-29-12-6-15-18(13(25)8-14(30-15)10-2-4-11(24)5-3-10)16(7-12)31-22-21(28)20(27)19(26)17(9-23)32-22;;;;;;;;;;;;;;;;;;;;;;;/h2-8,17,19-24,26-28H,9H2,1H3;23*1H4/t17?,19-,20+,21?,22-;;;;;;;;;;;;;;;;;;;;;;;/m1......................./s1. The molecule has 1 aromatic heterocycles. The van der Waals surface area contributed by atoms with E-state index in [2.05, 4.69) is 0 Å². The number of benzene rings is 2. The van der Waals surface area contributed by atoms with Crippen LogP contribution in [0.1, 0.15) is 171 Å². The van der Waals surface area contributed by atoms with Crippen molar-refractivity contribution in [3.63, 3.8) is 0 Å². The van der Waals surface area contributed by atoms with Crippen LogP contribution in [0.4, 0.5) is 0 Å². The number of fused-ring (bicyclic) bond motifs is 1. The van der Waals surface area contributed by atoms with E-state index < -0.39 is 42.7 Å². The molecule has 4 rings (SSSR count). The monoisotopic (exact) mass is 815 g/mol. The Morgan fingerprint density at radius 1 is 0.600 bits per heavy atom. The minimum Gasteiger partial charge on any atom is -0.508 e. The van der Waals surface area contributed by atoms with Crippen LogP contribution in [0.25, 0.3) is 22.3 Å². The molecule has 10 heteroatoms. The van der Waals surface area contributed by atoms with E-state index >= 15 is 0 Å². The van der Waals surface area contributed by atoms with Gasteiger partial charge in [-0.2, -0.15) is 0 Å². The van der Waals surface area contributed by atoms with Crippen molar-refractivity contribution in [2.24, 2.45) is 0 Å². The fourth-order valence-electron chi connectivity index (χ4n) is 3.50. The summed E-state index contributed by atoms with van der Waals surface area (Å²) in [7, 11) is 1.40. The van der Waals surface area contributed by atoms with E-state index in [9.17, 15) is 30.3 Å². The molecule has 2 aromatic carbocycles. The summed E-state index contributed by atoms with van der Waals surface area (Å²) in [4.78, 5) is 13.0. The first-order valence-electron chi connectivity index (χ1n) is 9.75. The van der Waals surface area contributed by atoms with Crippen LogP contribution in [0, 0.1) is 0 Å². The second-order valence-electron chi connectivity index (χ2n) is 7.34. The van der Waals surface area contributed by atoms with E-state index in [1.54, 1.807) is 12.1 Å². The number of ether oxygens (including phenoxy) is 3. The normalized spacial score (nSPS) is 14.9. The van der Waals surface area contributed by atoms with E-state index in [0.717, 1.165) is 0 Å². The van der Waals surface area contributed by atoms with E-state index in [4.69, 9.17) is 18.6 Å². The molecule has 0 radical (unpaired) electrons. The number of rotatable bonds is 5. The number of aromatic hydroxyl groups is 1. The molecule has 5 N–H and O–H groups in total. The molecule has 0 bridgehead atoms. The summed E-state index contributed by atoms with van der Waals surface area (Å²) < 4.78 is 22.2. The lowest BCUT2D eigenvalue weighted by atomic mass is 9.99. The van der Waals surface area contributed by atoms with Gasteiger partial charge in [-0.15, -0.1) is 0 Å². The molecule has 10 nitrogen and oxygen atoms in total. The summed E-state index contributed by atoms with van der Waals surface area (Å²) in [6.07, 6.45) is -7.50. The molecule has 0 spiro atoms. The van der Waals surface area contributed by atoms with Crippen LogP contribution in [0.15, 0.2) is 51.7 Å². The Labute approximate surface area is 351 Å². The highest BCUT2D eigenvalue weighted by molar-refractivity contribution is 5.86. The van der Waals surface area contributed by atoms with E-state index in [0.29, 0.717) is 5.56 Å². The molecule has 3 aromatic rings. The van der Waals surface area contributed by atoms with Gasteiger partial charge in [0.25, 0.3) is 0 Å². The number of phenolic OH excluding ortho intramolecular Hbond substituents is 1. The lowest BCUT2D eigenvalue weighted by molar-refractivity contribution is -0.277. The van der Waals surface area contributed by atoms with Crippen molar-refractivity contribution in [2.45, 2.75) is 202 Å². The van der Waals surface area contributed by atoms with Crippen LogP contribution < -0.4 is 14.9 Å². The summed E-state index contributed by atoms with van der Waals surface area (Å²) in [6.45, 7) is -0.623. The predicted molar refractivity (Wildman–Crippen MR) is 265 cm³/mol. The Morgan fingerprint density at radius 3 is 1.40 bits per heavy atom. The van der Waals surface area contributed by atoms with Gasteiger partial charge >= 0.3 is 0 Å². The molecular formula is C45H114O10. The zero-order chi connectivity index (χ0) is 23.0. The fourth-order valence-corrected chi connectivity index (χ4v) is 3.50. The summed E-state index contributed by atoms with van der Waals surface area (Å²) in [5.41, 5.74) is 0.220. The molecule has 354 valence electrons. The lowest BCUT2D eigenvalue weighted by Crippen LogP contribution is -2.60. The molecule has 1 aliphatic rings. The second-order valence-corrected chi connectivity index (χ2v) is 7.34. The van der Waals surface area contributed by atoms with Crippen molar-refractivity contribution in [2.75, 3.05) is 13.7 Å². The van der Waals surface area contributed by atoms with Crippen molar-refractivity contribution < 1.29 is 44.2 Å². The molecule has 5 atom stereocenters. The predicted octanol–water partition coefficient (Wildman–Crippen LogP) is 15.0. The molecule has 0 amide bonds. The average molecular weight is 815 g/mol. The van der Waals surface area contributed by atoms with Crippen molar-refractivity contribution >= 4 is 11.0 Å². The number of methoxy groups -OCH3 is 1. The van der Waals surface area contributed by atoms with Crippen LogP contribution >= 0.6 is 0 Å². The first-order valence-corrected chi connectivity index (χ1v) is 9.75. The maximum atomic E-state index is 13.0. The van der Waals surface area contributed by atoms with Gasteiger partial charge in [0.15, 0.2) is 5.43 Å². The molecule has 2 heterocycles. The van der Waals surface area contributed by atoms with Crippen molar-refractivity contribution in [1.82, 2.24) is 0 Å². The maximum Gasteiger partial charge on any atom is 0.229 e. The molecule has 0 saturated carbocycles. The highest BCUT2D eigenvalue weighted by atomic mass is 16.7. The number of phenols is 1. The third-order valence-electron chi connectivity index (χ3n) is 5.25. The largest absolute Gasteiger partial charge is 0.508 e. The smallest absolute Gasteiger partial charge is 0.229 e. The van der Waals surface area contributed by atoms with Crippen LogP contribution in [0.3, 0.4) is 0 Å². The highest BCUT2D eigenvalue weighted by Crippen LogP contribution is 2.34. The topological polar surface area (TPSA) is 159 Å². The van der Waals surface area contributed by atoms with Gasteiger partial charge in [-0.25, -0.2) is 0 Å². The number of aliphatic hydroxyl groups excluding tert-OH is 4. The third-order valence-corrected chi connectivity index (χ3v) is 5.25. The summed E-state index contributed by atoms with van der Waals surface area (Å²) in [6, 6.07) is 10.2. The first-order chi connectivity index (χ1) is 15.3. The van der Waals surface area contributed by atoms with Gasteiger partial charge < -0.3 is 44.2 Å². The SMILES string of the molecule is C.C.C.C.C.C.C.C.C.C.C.C.C.C.C.C.C.C.C.C.C.C.C.COc1cc(O[C@@H]2OC(CO)[C@@H](O)[C@H](O)C2O)c2c(=O)cc(-c3ccc(O)cc3)oc2c1. The van der Waals surface area contributed by atoms with E-state index in [1.807, 2.05) is 0 Å².